The molecule has 2 aliphatic rings. The summed E-state index contributed by atoms with van der Waals surface area (Å²) in [6.07, 6.45) is 1.71. The van der Waals surface area contributed by atoms with Crippen LogP contribution in [-0.4, -0.2) is 60.3 Å². The molecule has 9 nitrogen and oxygen atoms in total. The zero-order chi connectivity index (χ0) is 29.2. The van der Waals surface area contributed by atoms with E-state index in [2.05, 4.69) is 10.3 Å². The maximum absolute atomic E-state index is 15.3. The van der Waals surface area contributed by atoms with Crippen molar-refractivity contribution in [1.82, 2.24) is 19.9 Å². The Bertz CT molecular complexity index is 1790. The molecule has 2 aliphatic heterocycles. The number of likely N-dealkylation sites (N-methyl/N-ethyl adjacent to an activating group) is 1. The number of benzene rings is 1. The summed E-state index contributed by atoms with van der Waals surface area (Å²) < 4.78 is 22.3. The number of carbonyl (C=O) groups excluding carboxylic acids is 1. The zero-order valence-corrected chi connectivity index (χ0v) is 24.2. The molecule has 0 radical (unpaired) electrons. The predicted octanol–water partition coefficient (Wildman–Crippen LogP) is 4.44. The third kappa shape index (κ3) is 4.07. The number of nitrogens with zero attached hydrogens (tertiary/aromatic N) is 5. The first-order chi connectivity index (χ1) is 19.6. The zero-order valence-electron chi connectivity index (χ0n) is 23.5. The molecule has 1 N–H and O–H groups in total. The number of ether oxygens (including phenoxy) is 1. The second-order valence-electron chi connectivity index (χ2n) is 10.7. The Morgan fingerprint density at radius 2 is 1.95 bits per heavy atom. The number of amides is 1. The van der Waals surface area contributed by atoms with Crippen LogP contribution in [0.5, 0.6) is 5.75 Å². The minimum absolute atomic E-state index is 0.0294. The van der Waals surface area contributed by atoms with Crippen LogP contribution in [0.25, 0.3) is 28.0 Å². The number of carbonyl (C=O) groups is 1. The molecule has 41 heavy (non-hydrogen) atoms. The Kier molecular flexibility index (Phi) is 6.70. The van der Waals surface area contributed by atoms with E-state index in [1.807, 2.05) is 31.7 Å². The first-order valence-corrected chi connectivity index (χ1v) is 13.9. The van der Waals surface area contributed by atoms with Crippen molar-refractivity contribution in [3.05, 3.63) is 69.0 Å². The molecule has 0 unspecified atom stereocenters. The summed E-state index contributed by atoms with van der Waals surface area (Å²) in [4.78, 5) is 41.1. The highest BCUT2D eigenvalue weighted by atomic mass is 35.5. The number of hydrogen-bond acceptors (Lipinski definition) is 7. The molecule has 11 heteroatoms. The van der Waals surface area contributed by atoms with E-state index in [9.17, 15) is 9.59 Å². The number of methoxy groups -OCH3 is 1. The summed E-state index contributed by atoms with van der Waals surface area (Å²) in [7, 11) is 3.07. The fourth-order valence-corrected chi connectivity index (χ4v) is 6.19. The second kappa shape index (κ2) is 10.1. The van der Waals surface area contributed by atoms with Crippen LogP contribution in [0.15, 0.2) is 41.3 Å². The molecule has 0 bridgehead atoms. The van der Waals surface area contributed by atoms with E-state index in [-0.39, 0.29) is 45.2 Å². The maximum atomic E-state index is 15.3. The number of hydrogen-bond donors (Lipinski definition) is 1. The van der Waals surface area contributed by atoms with Crippen molar-refractivity contribution in [3.63, 3.8) is 0 Å². The van der Waals surface area contributed by atoms with Crippen LogP contribution in [0, 0.1) is 12.7 Å². The number of piperazine rings is 1. The molecule has 0 aliphatic carbocycles. The quantitative estimate of drug-likeness (QED) is 0.384. The minimum atomic E-state index is -0.558. The number of aromatic nitrogens is 3. The summed E-state index contributed by atoms with van der Waals surface area (Å²) in [6.45, 7) is 7.49. The Morgan fingerprint density at radius 3 is 2.68 bits per heavy atom. The SMILES string of the molecule is COc1cccc(F)c1-c1nc2c(cc1Cl)c1c(c(=O)n2-c2c(C)ccnc2C(C)C)N(C)C(=O)[C@H]2CNCCN12. The van der Waals surface area contributed by atoms with Gasteiger partial charge in [-0.2, -0.15) is 0 Å². The Hall–Kier alpha value is -4.02. The van der Waals surface area contributed by atoms with Crippen molar-refractivity contribution in [1.29, 1.82) is 0 Å². The lowest BCUT2D eigenvalue weighted by atomic mass is 10.0. The summed E-state index contributed by atoms with van der Waals surface area (Å²) in [5, 5.41) is 4.04. The van der Waals surface area contributed by atoms with Crippen molar-refractivity contribution in [2.75, 3.05) is 43.6 Å². The summed E-state index contributed by atoms with van der Waals surface area (Å²) in [5.41, 5.74) is 3.01. The number of anilines is 2. The first kappa shape index (κ1) is 27.2. The van der Waals surface area contributed by atoms with Crippen LogP contribution < -0.4 is 25.4 Å². The maximum Gasteiger partial charge on any atom is 0.283 e. The van der Waals surface area contributed by atoms with E-state index in [0.717, 1.165) is 5.56 Å². The molecular weight excluding hydrogens is 547 g/mol. The van der Waals surface area contributed by atoms with Crippen LogP contribution in [-0.2, 0) is 4.79 Å². The summed E-state index contributed by atoms with van der Waals surface area (Å²) in [5.74, 6) is -0.499. The number of halogens is 2. The number of fused-ring (bicyclic) bond motifs is 5. The van der Waals surface area contributed by atoms with E-state index < -0.39 is 17.4 Å². The molecule has 0 spiro atoms. The van der Waals surface area contributed by atoms with Crippen molar-refractivity contribution < 1.29 is 13.9 Å². The van der Waals surface area contributed by atoms with Crippen molar-refractivity contribution in [3.8, 4) is 22.7 Å². The van der Waals surface area contributed by atoms with Crippen molar-refractivity contribution in [2.24, 2.45) is 0 Å². The fourth-order valence-electron chi connectivity index (χ4n) is 5.95. The highest BCUT2D eigenvalue weighted by Crippen LogP contribution is 2.44. The lowest BCUT2D eigenvalue weighted by Crippen LogP contribution is -2.62. The van der Waals surface area contributed by atoms with Gasteiger partial charge in [0.2, 0.25) is 0 Å². The lowest BCUT2D eigenvalue weighted by molar-refractivity contribution is -0.120. The highest BCUT2D eigenvalue weighted by molar-refractivity contribution is 6.34. The van der Waals surface area contributed by atoms with Gasteiger partial charge in [0.15, 0.2) is 5.65 Å². The van der Waals surface area contributed by atoms with E-state index in [4.69, 9.17) is 21.3 Å². The van der Waals surface area contributed by atoms with Gasteiger partial charge < -0.3 is 19.9 Å². The van der Waals surface area contributed by atoms with Gasteiger partial charge in [-0.25, -0.2) is 9.37 Å². The normalized spacial score (nSPS) is 16.8. The monoisotopic (exact) mass is 576 g/mol. The van der Waals surface area contributed by atoms with Gasteiger partial charge in [0, 0.05) is 38.3 Å². The molecule has 1 amide bonds. The highest BCUT2D eigenvalue weighted by Gasteiger charge is 2.42. The average molecular weight is 577 g/mol. The van der Waals surface area contributed by atoms with Gasteiger partial charge in [0.1, 0.15) is 23.3 Å². The Morgan fingerprint density at radius 1 is 1.17 bits per heavy atom. The molecule has 212 valence electrons. The van der Waals surface area contributed by atoms with Crippen LogP contribution >= 0.6 is 11.6 Å². The Balaban J connectivity index is 1.82. The minimum Gasteiger partial charge on any atom is -0.496 e. The smallest absolute Gasteiger partial charge is 0.283 e. The molecule has 4 aromatic rings. The first-order valence-electron chi connectivity index (χ1n) is 13.5. The van der Waals surface area contributed by atoms with Crippen molar-refractivity contribution in [2.45, 2.75) is 32.7 Å². The van der Waals surface area contributed by atoms with Gasteiger partial charge in [-0.15, -0.1) is 0 Å². The molecule has 0 saturated carbocycles. The molecule has 5 heterocycles. The topological polar surface area (TPSA) is 92.6 Å². The summed E-state index contributed by atoms with van der Waals surface area (Å²) >= 11 is 6.88. The number of nitrogens with one attached hydrogen (secondary N) is 1. The van der Waals surface area contributed by atoms with E-state index >= 15 is 4.39 Å². The van der Waals surface area contributed by atoms with Gasteiger partial charge in [0.05, 0.1) is 40.5 Å². The van der Waals surface area contributed by atoms with Gasteiger partial charge in [-0.05, 0) is 42.7 Å². The number of pyridine rings is 3. The molecule has 1 saturated heterocycles. The second-order valence-corrected chi connectivity index (χ2v) is 11.1. The van der Waals surface area contributed by atoms with E-state index in [1.165, 1.54) is 22.6 Å². The predicted molar refractivity (Wildman–Crippen MR) is 158 cm³/mol. The van der Waals surface area contributed by atoms with Crippen LogP contribution in [0.2, 0.25) is 5.02 Å². The van der Waals surface area contributed by atoms with Crippen LogP contribution in [0.3, 0.4) is 0 Å². The Labute approximate surface area is 241 Å². The number of aryl methyl sites for hydroxylation is 1. The van der Waals surface area contributed by atoms with E-state index in [1.54, 1.807) is 31.4 Å². The van der Waals surface area contributed by atoms with Gasteiger partial charge >= 0.3 is 0 Å². The van der Waals surface area contributed by atoms with E-state index in [0.29, 0.717) is 42.1 Å². The van der Waals surface area contributed by atoms with Gasteiger partial charge in [-0.1, -0.05) is 31.5 Å². The molecule has 3 aromatic heterocycles. The van der Waals surface area contributed by atoms with Crippen LogP contribution in [0.4, 0.5) is 15.8 Å². The molecule has 1 atom stereocenters. The standard InChI is InChI=1S/C30H30ClFN6O3/c1-15(2)23-25(16(3)9-10-34-23)38-28-17(13-18(31)24(35-28)22-19(32)7-6-8-21(22)41-5)26-27(30(38)40)36(4)29(39)20-14-33-11-12-37(20)26/h6-10,13,15,20,33H,11-12,14H2,1-5H3/t20-/m1/s1. The third-order valence-electron chi connectivity index (χ3n) is 7.89. The summed E-state index contributed by atoms with van der Waals surface area (Å²) in [6, 6.07) is 7.55. The molecule has 1 aromatic carbocycles. The van der Waals surface area contributed by atoms with Gasteiger partial charge in [-0.3, -0.25) is 19.1 Å². The van der Waals surface area contributed by atoms with Gasteiger partial charge in [0.25, 0.3) is 11.5 Å². The number of rotatable bonds is 4. The molecule has 1 fully saturated rings. The lowest BCUT2D eigenvalue weighted by Gasteiger charge is -2.44. The fraction of sp³-hybridized carbons (Fsp3) is 0.333. The van der Waals surface area contributed by atoms with Crippen LogP contribution in [0.1, 0.15) is 31.0 Å². The third-order valence-corrected chi connectivity index (χ3v) is 8.18. The average Bonchev–Trinajstić information content (AvgIpc) is 2.95. The van der Waals surface area contributed by atoms with Crippen molar-refractivity contribution >= 4 is 39.9 Å². The molecule has 6 rings (SSSR count). The molecular formula is C30H30ClFN6O3. The largest absolute Gasteiger partial charge is 0.496 e.